The zero-order valence-electron chi connectivity index (χ0n) is 45.1. The number of hydrogen-bond donors (Lipinski definition) is 12. The molecule has 81 heavy (non-hydrogen) atoms. The summed E-state index contributed by atoms with van der Waals surface area (Å²) in [4.78, 5) is 167. The predicted octanol–water partition coefficient (Wildman–Crippen LogP) is -2.56. The van der Waals surface area contributed by atoms with E-state index >= 15 is 0 Å². The fourth-order valence-electron chi connectivity index (χ4n) is 8.55. The van der Waals surface area contributed by atoms with E-state index < -0.39 is 139 Å². The van der Waals surface area contributed by atoms with Crippen LogP contribution in [0.2, 0.25) is 0 Å². The van der Waals surface area contributed by atoms with Gasteiger partial charge in [-0.3, -0.25) is 62.5 Å². The Kier molecular flexibility index (Phi) is 27.7. The van der Waals surface area contributed by atoms with Crippen molar-refractivity contribution in [2.45, 2.75) is 139 Å². The highest BCUT2D eigenvalue weighted by molar-refractivity contribution is 8.76. The second kappa shape index (κ2) is 34.3. The lowest BCUT2D eigenvalue weighted by molar-refractivity contribution is -0.142. The summed E-state index contributed by atoms with van der Waals surface area (Å²) in [5.41, 5.74) is 28.2. The first-order valence-electron chi connectivity index (χ1n) is 26.5. The van der Waals surface area contributed by atoms with Gasteiger partial charge in [0.2, 0.25) is 65.0 Å². The van der Waals surface area contributed by atoms with E-state index in [1.54, 1.807) is 54.6 Å². The van der Waals surface area contributed by atoms with Crippen LogP contribution < -0.4 is 70.6 Å². The van der Waals surface area contributed by atoms with Crippen molar-refractivity contribution in [3.63, 3.8) is 0 Å². The van der Waals surface area contributed by atoms with Crippen LogP contribution in [0.5, 0.6) is 5.75 Å². The Bertz CT molecular complexity index is 2570. The van der Waals surface area contributed by atoms with Crippen LogP contribution in [0.1, 0.15) is 95.1 Å². The summed E-state index contributed by atoms with van der Waals surface area (Å²) in [7, 11) is 2.18. The molecule has 2 fully saturated rings. The summed E-state index contributed by atoms with van der Waals surface area (Å²) in [5, 5.41) is 18.0. The smallest absolute Gasteiger partial charge is 0.311 e. The highest BCUT2D eigenvalue weighted by Gasteiger charge is 2.40. The topological polar surface area (TPSA) is 444 Å². The summed E-state index contributed by atoms with van der Waals surface area (Å²) in [5.74, 6) is -9.95. The minimum Gasteiger partial charge on any atom is -0.427 e. The van der Waals surface area contributed by atoms with Gasteiger partial charge in [-0.05, 0) is 61.8 Å². The fourth-order valence-corrected chi connectivity index (χ4v) is 10.7. The largest absolute Gasteiger partial charge is 0.427 e. The number of hydrogen-bond acceptors (Lipinski definition) is 16. The molecule has 2 saturated heterocycles. The number of carbonyl (C=O) groups is 12. The molecule has 0 spiro atoms. The molecule has 11 amide bonds. The molecule has 0 saturated carbocycles. The third-order valence-electron chi connectivity index (χ3n) is 12.7. The number of likely N-dealkylation sites (tertiary alicyclic amines) is 1. The van der Waals surface area contributed by atoms with Crippen molar-refractivity contribution in [1.82, 2.24) is 42.1 Å². The van der Waals surface area contributed by atoms with E-state index in [2.05, 4.69) is 42.2 Å². The van der Waals surface area contributed by atoms with E-state index in [-0.39, 0.29) is 81.3 Å². The Morgan fingerprint density at radius 1 is 0.716 bits per heavy atom. The summed E-state index contributed by atoms with van der Waals surface area (Å²) in [6.45, 7) is 1.60. The van der Waals surface area contributed by atoms with Crippen LogP contribution in [-0.4, -0.2) is 155 Å². The van der Waals surface area contributed by atoms with E-state index in [1.165, 1.54) is 4.90 Å². The predicted molar refractivity (Wildman–Crippen MR) is 300 cm³/mol. The van der Waals surface area contributed by atoms with Crippen molar-refractivity contribution in [1.29, 1.82) is 0 Å². The molecule has 27 nitrogen and oxygen atoms in total. The van der Waals surface area contributed by atoms with Gasteiger partial charge in [0, 0.05) is 56.7 Å². The second-order valence-corrected chi connectivity index (χ2v) is 21.9. The Hall–Kier alpha value is -7.95. The van der Waals surface area contributed by atoms with Crippen LogP contribution in [0, 0.1) is 0 Å². The van der Waals surface area contributed by atoms with Crippen molar-refractivity contribution in [2.75, 3.05) is 31.1 Å². The van der Waals surface area contributed by atoms with Crippen LogP contribution in [0.15, 0.2) is 59.6 Å². The van der Waals surface area contributed by atoms with Gasteiger partial charge in [0.05, 0.1) is 13.0 Å². The lowest BCUT2D eigenvalue weighted by Crippen LogP contribution is -2.61. The Labute approximate surface area is 476 Å². The third-order valence-corrected chi connectivity index (χ3v) is 15.1. The molecule has 2 aromatic rings. The van der Waals surface area contributed by atoms with Gasteiger partial charge in [-0.2, -0.15) is 0 Å². The molecule has 0 aromatic heterocycles. The second-order valence-electron chi connectivity index (χ2n) is 19.2. The number of rotatable bonds is 24. The number of amides is 11. The number of benzene rings is 2. The molecule has 0 aliphatic carbocycles. The summed E-state index contributed by atoms with van der Waals surface area (Å²) in [6, 6.07) is 4.85. The molecular weight excluding hydrogens is 1090 g/mol. The zero-order chi connectivity index (χ0) is 59.4. The average Bonchev–Trinajstić information content (AvgIpc) is 3.97. The van der Waals surface area contributed by atoms with E-state index in [9.17, 15) is 57.5 Å². The molecule has 2 aliphatic heterocycles. The normalized spacial score (nSPS) is 20.8. The molecule has 17 N–H and O–H groups in total. The lowest BCUT2D eigenvalue weighted by Gasteiger charge is -2.31. The van der Waals surface area contributed by atoms with Crippen LogP contribution in [0.25, 0.3) is 0 Å². The summed E-state index contributed by atoms with van der Waals surface area (Å²) < 4.78 is 5.48. The maximum atomic E-state index is 14.6. The number of aliphatic imine (C=N–C) groups is 1. The Morgan fingerprint density at radius 3 is 1.99 bits per heavy atom. The van der Waals surface area contributed by atoms with Gasteiger partial charge in [0.1, 0.15) is 48.0 Å². The number of ether oxygens (including phenoxy) is 1. The van der Waals surface area contributed by atoms with Crippen molar-refractivity contribution < 1.29 is 62.3 Å². The molecule has 29 heteroatoms. The molecule has 0 radical (unpaired) electrons. The Balaban J connectivity index is 1.69. The maximum absolute atomic E-state index is 14.6. The first kappa shape index (κ1) is 65.6. The zero-order valence-corrected chi connectivity index (χ0v) is 46.7. The highest BCUT2D eigenvalue weighted by atomic mass is 33.1. The van der Waals surface area contributed by atoms with Crippen LogP contribution in [0.3, 0.4) is 0 Å². The van der Waals surface area contributed by atoms with E-state index in [0.717, 1.165) is 34.4 Å². The first-order chi connectivity index (χ1) is 38.6. The minimum absolute atomic E-state index is 0.00749. The van der Waals surface area contributed by atoms with Crippen LogP contribution in [0.4, 0.5) is 0 Å². The van der Waals surface area contributed by atoms with E-state index in [4.69, 9.17) is 33.4 Å². The van der Waals surface area contributed by atoms with Gasteiger partial charge >= 0.3 is 5.97 Å². The number of nitrogens with one attached hydrogen (secondary N) is 7. The molecule has 2 aliphatic rings. The molecule has 2 heterocycles. The van der Waals surface area contributed by atoms with Crippen LogP contribution in [-0.2, 0) is 70.4 Å². The first-order valence-corrected chi connectivity index (χ1v) is 29.0. The summed E-state index contributed by atoms with van der Waals surface area (Å²) in [6.07, 6.45) is 1.25. The van der Waals surface area contributed by atoms with E-state index in [1.807, 2.05) is 6.92 Å². The Morgan fingerprint density at radius 2 is 1.35 bits per heavy atom. The standard InChI is InChI=1S/C52H74N14O13S2/c1-2-3-5-14-44(71)79-32-17-15-31(16-18-32)26-35-47(74)63-36(25-30-10-6-4-7-11-30)48(75)61-34(19-20-40(53)67)46(73)64-37(27-41(54)68)49(76)65-38(29-81-80-24-21-43(70)60-35)51(78)66-23-9-13-39(66)50(77)62-33(12-8-22-58-52(56)57)45(72)59-28-42(55)69/h4,6-7,10-11,15-18,33-39H,2-3,5,8-9,12-14,19-29H2,1H3,(H2,53,67)(H2,54,68)(H2,55,69)(H,59,72)(H,60,70)(H,61,75)(H,62,77)(H,63,74)(H,64,73)(H,65,76)(H4,56,57,58)/t33-,34+,35?,36?,37+,38?,39+/m1/s1. The molecule has 3 unspecified atom stereocenters. The van der Waals surface area contributed by atoms with Crippen molar-refractivity contribution >= 4 is 98.5 Å². The lowest BCUT2D eigenvalue weighted by atomic mass is 10.0. The van der Waals surface area contributed by atoms with Gasteiger partial charge in [-0.15, -0.1) is 0 Å². The number of primary amides is 3. The number of carbonyl (C=O) groups excluding carboxylic acids is 12. The van der Waals surface area contributed by atoms with Crippen molar-refractivity contribution in [3.05, 3.63) is 65.7 Å². The SMILES string of the molecule is CCCCCC(=O)Oc1ccc(CC2NC(=O)CCSSCC(C(=O)N3CCC[C@H]3C(=O)N[C@H](CCCN=C(N)N)C(=O)NCC(N)=O)NC(=O)[C@H](CC(N)=O)NC(=O)[C@H](CCC(N)=O)NC(=O)C(Cc3ccccc3)NC2=O)cc1. The molecule has 4 rings (SSSR count). The molecular formula is C52H74N14O13S2. The van der Waals surface area contributed by atoms with E-state index in [0.29, 0.717) is 24.0 Å². The number of nitrogens with zero attached hydrogens (tertiary/aromatic N) is 2. The minimum atomic E-state index is -1.78. The van der Waals surface area contributed by atoms with Gasteiger partial charge in [0.15, 0.2) is 5.96 Å². The summed E-state index contributed by atoms with van der Waals surface area (Å²) >= 11 is 0. The van der Waals surface area contributed by atoms with Gasteiger partial charge in [-0.25, -0.2) is 0 Å². The van der Waals surface area contributed by atoms with Gasteiger partial charge in [-0.1, -0.05) is 83.8 Å². The molecule has 7 atom stereocenters. The quantitative estimate of drug-likeness (QED) is 0.0128. The molecule has 0 bridgehead atoms. The third kappa shape index (κ3) is 23.7. The number of unbranched alkanes of at least 4 members (excludes halogenated alkanes) is 2. The number of nitrogens with two attached hydrogens (primary N) is 5. The van der Waals surface area contributed by atoms with Crippen molar-refractivity contribution in [2.24, 2.45) is 33.7 Å². The number of esters is 1. The maximum Gasteiger partial charge on any atom is 0.311 e. The number of guanidine groups is 1. The van der Waals surface area contributed by atoms with Crippen molar-refractivity contribution in [3.8, 4) is 5.75 Å². The molecule has 442 valence electrons. The van der Waals surface area contributed by atoms with Gasteiger partial charge in [0.25, 0.3) is 0 Å². The van der Waals surface area contributed by atoms with Crippen LogP contribution >= 0.6 is 21.6 Å². The fraction of sp³-hybridized carbons (Fsp3) is 0.519. The highest BCUT2D eigenvalue weighted by Crippen LogP contribution is 2.26. The monoisotopic (exact) mass is 1170 g/mol. The molecule has 2 aromatic carbocycles. The van der Waals surface area contributed by atoms with Gasteiger partial charge < -0.3 is 75.5 Å². The average molecular weight is 1170 g/mol.